The number of rotatable bonds is 4. The highest BCUT2D eigenvalue weighted by Crippen LogP contribution is 2.28. The molecule has 0 saturated heterocycles. The molecule has 0 aromatic heterocycles. The van der Waals surface area contributed by atoms with Gasteiger partial charge in [0.2, 0.25) is 5.71 Å². The zero-order valence-electron chi connectivity index (χ0n) is 11.0. The minimum Gasteiger partial charge on any atom is -0.454 e. The first-order chi connectivity index (χ1) is 10.6. The van der Waals surface area contributed by atoms with Gasteiger partial charge in [-0.2, -0.15) is 15.6 Å². The first-order valence-electron chi connectivity index (χ1n) is 5.99. The molecule has 0 amide bonds. The van der Waals surface area contributed by atoms with Gasteiger partial charge in [-0.3, -0.25) is 5.43 Å². The monoisotopic (exact) mass is 358 g/mol. The molecule has 7 heteroatoms. The van der Waals surface area contributed by atoms with E-state index in [4.69, 9.17) is 15.3 Å². The van der Waals surface area contributed by atoms with Gasteiger partial charge in [-0.15, -0.1) is 0 Å². The van der Waals surface area contributed by atoms with Crippen molar-refractivity contribution < 1.29 is 9.13 Å². The van der Waals surface area contributed by atoms with E-state index in [1.165, 1.54) is 12.1 Å². The Balaban J connectivity index is 2.15. The van der Waals surface area contributed by atoms with Crippen molar-refractivity contribution in [1.82, 2.24) is 0 Å². The molecule has 0 aliphatic heterocycles. The predicted octanol–water partition coefficient (Wildman–Crippen LogP) is 4.20. The second-order valence-electron chi connectivity index (χ2n) is 4.00. The highest BCUT2D eigenvalue weighted by molar-refractivity contribution is 9.10. The molecule has 0 bridgehead atoms. The van der Waals surface area contributed by atoms with E-state index in [-0.39, 0.29) is 11.5 Å². The Bertz CT molecular complexity index is 792. The van der Waals surface area contributed by atoms with E-state index in [0.29, 0.717) is 11.4 Å². The molecule has 2 aromatic rings. The maximum absolute atomic E-state index is 14.0. The first kappa shape index (κ1) is 15.5. The molecule has 0 fully saturated rings. The number of anilines is 1. The molecule has 0 saturated carbocycles. The summed E-state index contributed by atoms with van der Waals surface area (Å²) >= 11 is 3.30. The number of hydrazone groups is 1. The van der Waals surface area contributed by atoms with Gasteiger partial charge < -0.3 is 4.74 Å². The van der Waals surface area contributed by atoms with Gasteiger partial charge in [0.05, 0.1) is 5.69 Å². The van der Waals surface area contributed by atoms with E-state index >= 15 is 0 Å². The van der Waals surface area contributed by atoms with Crippen LogP contribution in [0.25, 0.3) is 0 Å². The Hall–Kier alpha value is -2.90. The molecule has 0 aliphatic rings. The molecule has 5 nitrogen and oxygen atoms in total. The van der Waals surface area contributed by atoms with Crippen molar-refractivity contribution in [2.24, 2.45) is 5.10 Å². The smallest absolute Gasteiger partial charge is 0.237 e. The zero-order valence-corrected chi connectivity index (χ0v) is 12.6. The van der Waals surface area contributed by atoms with Crippen LogP contribution >= 0.6 is 15.9 Å². The Morgan fingerprint density at radius 1 is 1.18 bits per heavy atom. The number of halogens is 2. The van der Waals surface area contributed by atoms with Crippen molar-refractivity contribution in [3.63, 3.8) is 0 Å². The van der Waals surface area contributed by atoms with Crippen LogP contribution in [-0.4, -0.2) is 5.71 Å². The maximum Gasteiger partial charge on any atom is 0.237 e. The van der Waals surface area contributed by atoms with E-state index < -0.39 is 5.82 Å². The fourth-order valence-corrected chi connectivity index (χ4v) is 1.88. The van der Waals surface area contributed by atoms with E-state index in [9.17, 15) is 4.39 Å². The van der Waals surface area contributed by atoms with Crippen molar-refractivity contribution in [2.45, 2.75) is 0 Å². The predicted molar refractivity (Wildman–Crippen MR) is 82.9 cm³/mol. The molecule has 0 spiro atoms. The first-order valence-corrected chi connectivity index (χ1v) is 6.78. The molecule has 0 unspecified atom stereocenters. The lowest BCUT2D eigenvalue weighted by atomic mass is 10.3. The zero-order chi connectivity index (χ0) is 15.9. The van der Waals surface area contributed by atoms with Crippen LogP contribution < -0.4 is 10.2 Å². The Labute approximate surface area is 134 Å². The molecular weight excluding hydrogens is 351 g/mol. The third kappa shape index (κ3) is 4.05. The van der Waals surface area contributed by atoms with Crippen LogP contribution in [0.5, 0.6) is 11.5 Å². The van der Waals surface area contributed by atoms with Crippen molar-refractivity contribution in [3.05, 3.63) is 52.8 Å². The average Bonchev–Trinajstić information content (AvgIpc) is 2.51. The van der Waals surface area contributed by atoms with Gasteiger partial charge in [0, 0.05) is 10.5 Å². The molecule has 0 atom stereocenters. The minimum atomic E-state index is -0.601. The summed E-state index contributed by atoms with van der Waals surface area (Å²) in [5.74, 6) is -0.0627. The van der Waals surface area contributed by atoms with E-state index in [1.54, 1.807) is 30.3 Å². The topological polar surface area (TPSA) is 81.2 Å². The number of hydrogen-bond donors (Lipinski definition) is 1. The molecular formula is C15H8BrFN4O. The molecule has 22 heavy (non-hydrogen) atoms. The minimum absolute atomic E-state index is 0.0495. The quantitative estimate of drug-likeness (QED) is 0.655. The van der Waals surface area contributed by atoms with E-state index in [2.05, 4.69) is 26.5 Å². The van der Waals surface area contributed by atoms with Crippen molar-refractivity contribution >= 4 is 27.3 Å². The molecule has 0 radical (unpaired) electrons. The van der Waals surface area contributed by atoms with Crippen molar-refractivity contribution in [3.8, 4) is 23.6 Å². The molecule has 0 heterocycles. The fraction of sp³-hybridized carbons (Fsp3) is 0. The van der Waals surface area contributed by atoms with Gasteiger partial charge in [-0.1, -0.05) is 22.0 Å². The lowest BCUT2D eigenvalue weighted by Crippen LogP contribution is -1.97. The van der Waals surface area contributed by atoms with E-state index in [1.807, 2.05) is 6.07 Å². The van der Waals surface area contributed by atoms with Gasteiger partial charge in [0.1, 0.15) is 17.9 Å². The SMILES string of the molecule is N#CC(C#N)=NNc1ccc(Oc2cccc(Br)c2)c(F)c1. The maximum atomic E-state index is 14.0. The van der Waals surface area contributed by atoms with Crippen LogP contribution in [0.15, 0.2) is 52.0 Å². The summed E-state index contributed by atoms with van der Waals surface area (Å²) in [4.78, 5) is 0. The van der Waals surface area contributed by atoms with Crippen LogP contribution in [0.3, 0.4) is 0 Å². The number of nitrogens with one attached hydrogen (secondary N) is 1. The number of ether oxygens (including phenoxy) is 1. The number of hydrogen-bond acceptors (Lipinski definition) is 5. The Morgan fingerprint density at radius 2 is 1.95 bits per heavy atom. The largest absolute Gasteiger partial charge is 0.454 e. The third-order valence-corrected chi connectivity index (χ3v) is 2.96. The summed E-state index contributed by atoms with van der Waals surface area (Å²) in [6.07, 6.45) is 0. The van der Waals surface area contributed by atoms with Crippen molar-refractivity contribution in [1.29, 1.82) is 10.5 Å². The lowest BCUT2D eigenvalue weighted by molar-refractivity contribution is 0.442. The third-order valence-electron chi connectivity index (χ3n) is 2.46. The summed E-state index contributed by atoms with van der Waals surface area (Å²) in [5.41, 5.74) is 2.37. The highest BCUT2D eigenvalue weighted by atomic mass is 79.9. The number of benzene rings is 2. The van der Waals surface area contributed by atoms with Crippen LogP contribution in [0, 0.1) is 28.5 Å². The van der Waals surface area contributed by atoms with Gasteiger partial charge in [-0.25, -0.2) is 4.39 Å². The van der Waals surface area contributed by atoms with Crippen LogP contribution in [-0.2, 0) is 0 Å². The molecule has 1 N–H and O–H groups in total. The summed E-state index contributed by atoms with van der Waals surface area (Å²) in [6.45, 7) is 0. The molecule has 108 valence electrons. The second-order valence-corrected chi connectivity index (χ2v) is 4.92. The molecule has 2 rings (SSSR count). The van der Waals surface area contributed by atoms with Crippen molar-refractivity contribution in [2.75, 3.05) is 5.43 Å². The molecule has 2 aromatic carbocycles. The van der Waals surface area contributed by atoms with Crippen LogP contribution in [0.2, 0.25) is 0 Å². The molecule has 0 aliphatic carbocycles. The lowest BCUT2D eigenvalue weighted by Gasteiger charge is -2.08. The fourth-order valence-electron chi connectivity index (χ4n) is 1.51. The highest BCUT2D eigenvalue weighted by Gasteiger charge is 2.06. The summed E-state index contributed by atoms with van der Waals surface area (Å²) in [6, 6.07) is 14.3. The summed E-state index contributed by atoms with van der Waals surface area (Å²) in [5, 5.41) is 20.6. The summed E-state index contributed by atoms with van der Waals surface area (Å²) in [7, 11) is 0. The number of nitriles is 2. The Kier molecular flexibility index (Phi) is 5.07. The van der Waals surface area contributed by atoms with E-state index in [0.717, 1.165) is 10.5 Å². The normalized spacial score (nSPS) is 9.27. The van der Waals surface area contributed by atoms with Gasteiger partial charge in [-0.05, 0) is 30.3 Å². The Morgan fingerprint density at radius 3 is 2.59 bits per heavy atom. The standard InChI is InChI=1S/C15H8BrFN4O/c16-10-2-1-3-13(6-10)22-15-5-4-11(7-14(15)17)20-21-12(8-18)9-19/h1-7,20H. The van der Waals surface area contributed by atoms with Gasteiger partial charge in [0.25, 0.3) is 0 Å². The average molecular weight is 359 g/mol. The number of nitrogens with zero attached hydrogens (tertiary/aromatic N) is 3. The van der Waals surface area contributed by atoms with Crippen LogP contribution in [0.1, 0.15) is 0 Å². The summed E-state index contributed by atoms with van der Waals surface area (Å²) < 4.78 is 20.2. The van der Waals surface area contributed by atoms with Gasteiger partial charge >= 0.3 is 0 Å². The van der Waals surface area contributed by atoms with Crippen LogP contribution in [0.4, 0.5) is 10.1 Å². The second kappa shape index (κ2) is 7.21. The van der Waals surface area contributed by atoms with Gasteiger partial charge in [0.15, 0.2) is 11.6 Å².